The quantitative estimate of drug-likeness (QED) is 0.114. The summed E-state index contributed by atoms with van der Waals surface area (Å²) in [5.41, 5.74) is -1.15. The average molecular weight is 891 g/mol. The van der Waals surface area contributed by atoms with Gasteiger partial charge in [-0.25, -0.2) is 16.8 Å². The van der Waals surface area contributed by atoms with Crippen molar-refractivity contribution in [2.75, 3.05) is 0 Å². The maximum Gasteiger partial charge on any atom is 0.210 e. The molecular formula is C52H42O10S2. The van der Waals surface area contributed by atoms with Crippen LogP contribution in [-0.2, 0) is 19.7 Å². The molecule has 2 N–H and O–H groups in total. The number of benzene rings is 7. The lowest BCUT2D eigenvalue weighted by molar-refractivity contribution is 0.143. The molecule has 0 radical (unpaired) electrons. The average Bonchev–Trinajstić information content (AvgIpc) is 3.26. The van der Waals surface area contributed by atoms with Gasteiger partial charge in [0.15, 0.2) is 0 Å². The van der Waals surface area contributed by atoms with Crippen LogP contribution in [0.1, 0.15) is 38.8 Å². The first-order valence-electron chi connectivity index (χ1n) is 19.8. The first-order valence-corrected chi connectivity index (χ1v) is 22.8. The predicted molar refractivity (Wildman–Crippen MR) is 243 cm³/mol. The summed E-state index contributed by atoms with van der Waals surface area (Å²) in [6, 6.07) is 45.2. The summed E-state index contributed by atoms with van der Waals surface area (Å²) < 4.78 is 79.3. The molecule has 0 aliphatic heterocycles. The second-order valence-corrected chi connectivity index (χ2v) is 19.2. The van der Waals surface area contributed by atoms with Crippen LogP contribution in [0.25, 0.3) is 0 Å². The highest BCUT2D eigenvalue weighted by atomic mass is 32.2. The van der Waals surface area contributed by atoms with Gasteiger partial charge in [0.25, 0.3) is 0 Å². The molecule has 64 heavy (non-hydrogen) atoms. The molecule has 0 aromatic heterocycles. The minimum absolute atomic E-state index is 0.0202. The predicted octanol–water partition coefficient (Wildman–Crippen LogP) is 10.8. The number of rotatable bonds is 12. The first kappa shape index (κ1) is 44.7. The lowest BCUT2D eigenvalue weighted by Crippen LogP contribution is -2.14. The van der Waals surface area contributed by atoms with Crippen LogP contribution in [0.15, 0.2) is 189 Å². The number of hydrogen-bond donors (Lipinski definition) is 2. The van der Waals surface area contributed by atoms with Crippen LogP contribution >= 0.6 is 0 Å². The first-order chi connectivity index (χ1) is 30.4. The number of sulfone groups is 2. The summed E-state index contributed by atoms with van der Waals surface area (Å²) in [5, 5.41) is 19.9. The molecule has 10 nitrogen and oxygen atoms in total. The van der Waals surface area contributed by atoms with Crippen molar-refractivity contribution in [3.63, 3.8) is 0 Å². The molecule has 0 bridgehead atoms. The summed E-state index contributed by atoms with van der Waals surface area (Å²) in [6.07, 6.45) is 0. The molecule has 0 atom stereocenters. The maximum atomic E-state index is 13.8. The van der Waals surface area contributed by atoms with E-state index in [0.717, 1.165) is 0 Å². The highest BCUT2D eigenvalue weighted by molar-refractivity contribution is 7.92. The number of ether oxygens (including phenoxy) is 4. The highest BCUT2D eigenvalue weighted by Gasteiger charge is 2.24. The molecule has 0 saturated carbocycles. The van der Waals surface area contributed by atoms with E-state index in [-0.39, 0.29) is 31.1 Å². The van der Waals surface area contributed by atoms with Gasteiger partial charge >= 0.3 is 0 Å². The Morgan fingerprint density at radius 3 is 1.06 bits per heavy atom. The molecule has 7 aromatic rings. The third-order valence-corrected chi connectivity index (χ3v) is 12.6. The molecule has 7 rings (SSSR count). The van der Waals surface area contributed by atoms with Crippen molar-refractivity contribution in [3.8, 4) is 69.7 Å². The Balaban J connectivity index is 0.983. The number of para-hydroxylation sites is 2. The van der Waals surface area contributed by atoms with E-state index in [2.05, 4.69) is 23.7 Å². The smallest absolute Gasteiger partial charge is 0.210 e. The Kier molecular flexibility index (Phi) is 13.0. The van der Waals surface area contributed by atoms with Crippen LogP contribution in [0.2, 0.25) is 0 Å². The lowest BCUT2D eigenvalue weighted by atomic mass is 10.1. The molecule has 12 heteroatoms. The van der Waals surface area contributed by atoms with Crippen molar-refractivity contribution >= 4 is 19.7 Å². The third kappa shape index (κ3) is 11.6. The Bertz CT molecular complexity index is 2930. The minimum atomic E-state index is -4.01. The van der Waals surface area contributed by atoms with Gasteiger partial charge < -0.3 is 29.2 Å². The van der Waals surface area contributed by atoms with Crippen molar-refractivity contribution in [2.24, 2.45) is 0 Å². The second kappa shape index (κ2) is 18.6. The molecule has 0 heterocycles. The largest absolute Gasteiger partial charge is 0.457 e. The summed E-state index contributed by atoms with van der Waals surface area (Å²) in [5.74, 6) is 14.1. The van der Waals surface area contributed by atoms with Crippen LogP contribution in [0, 0.1) is 23.7 Å². The molecular weight excluding hydrogens is 849 g/mol. The van der Waals surface area contributed by atoms with Crippen LogP contribution < -0.4 is 18.9 Å². The Hall–Kier alpha value is -7.32. The monoisotopic (exact) mass is 890 g/mol. The van der Waals surface area contributed by atoms with E-state index in [1.54, 1.807) is 161 Å². The van der Waals surface area contributed by atoms with Gasteiger partial charge in [-0.3, -0.25) is 0 Å². The third-order valence-electron chi connectivity index (χ3n) is 8.99. The van der Waals surface area contributed by atoms with Gasteiger partial charge in [0.1, 0.15) is 67.0 Å². The second-order valence-electron chi connectivity index (χ2n) is 15.4. The molecule has 0 aliphatic rings. The van der Waals surface area contributed by atoms with Crippen LogP contribution in [0.5, 0.6) is 46.0 Å². The molecule has 0 amide bonds. The summed E-state index contributed by atoms with van der Waals surface area (Å²) in [4.78, 5) is 0.0381. The molecule has 7 aromatic carbocycles. The fourth-order valence-corrected chi connectivity index (χ4v) is 8.73. The standard InChI is InChI=1S/C52H42O10S2/c1-51(2,53)33-31-37-11-9-13-43(35-37)61-47-15-5-7-17-49(47)63(55,56)45-27-23-41(24-28-45)59-39-19-21-40(22-20-39)60-42-25-29-46(30-26-42)64(57,58)50-18-8-6-16-48(50)62-44-14-10-12-38(36-44)32-34-52(3,4)54/h5-30,35-36,53-54H,1-4H3. The van der Waals surface area contributed by atoms with Crippen molar-refractivity contribution < 1.29 is 46.0 Å². The van der Waals surface area contributed by atoms with Gasteiger partial charge in [-0.2, -0.15) is 0 Å². The normalized spacial score (nSPS) is 11.6. The molecule has 0 saturated heterocycles. The van der Waals surface area contributed by atoms with Gasteiger partial charge in [-0.05, 0) is 161 Å². The van der Waals surface area contributed by atoms with Gasteiger partial charge in [0, 0.05) is 11.1 Å². The number of hydrogen-bond acceptors (Lipinski definition) is 10. The fourth-order valence-electron chi connectivity index (χ4n) is 5.97. The van der Waals surface area contributed by atoms with E-state index in [9.17, 15) is 27.0 Å². The minimum Gasteiger partial charge on any atom is -0.457 e. The van der Waals surface area contributed by atoms with Crippen LogP contribution in [0.3, 0.4) is 0 Å². The molecule has 322 valence electrons. The Morgan fingerprint density at radius 1 is 0.391 bits per heavy atom. The zero-order chi connectivity index (χ0) is 45.5. The van der Waals surface area contributed by atoms with E-state index >= 15 is 0 Å². The molecule has 0 aliphatic carbocycles. The van der Waals surface area contributed by atoms with E-state index in [1.807, 2.05) is 0 Å². The summed E-state index contributed by atoms with van der Waals surface area (Å²) in [6.45, 7) is 6.33. The topological polar surface area (TPSA) is 146 Å². The van der Waals surface area contributed by atoms with Crippen LogP contribution in [-0.4, -0.2) is 38.3 Å². The van der Waals surface area contributed by atoms with Gasteiger partial charge in [0.2, 0.25) is 19.7 Å². The Labute approximate surface area is 373 Å². The highest BCUT2D eigenvalue weighted by Crippen LogP contribution is 2.36. The SMILES string of the molecule is CC(C)(O)C#Cc1cccc(Oc2ccccc2S(=O)(=O)c2ccc(Oc3ccc(Oc4ccc(S(=O)(=O)c5ccccc5Oc5cccc(C#CC(C)(C)O)c5)cc4)cc3)cc2)c1. The number of aliphatic hydroxyl groups is 2. The summed E-state index contributed by atoms with van der Waals surface area (Å²) >= 11 is 0. The fraction of sp³-hybridized carbons (Fsp3) is 0.115. The van der Waals surface area contributed by atoms with Gasteiger partial charge in [0.05, 0.1) is 9.79 Å². The zero-order valence-corrected chi connectivity index (χ0v) is 36.8. The van der Waals surface area contributed by atoms with Crippen molar-refractivity contribution in [1.82, 2.24) is 0 Å². The van der Waals surface area contributed by atoms with Gasteiger partial charge in [-0.1, -0.05) is 60.1 Å². The maximum absolute atomic E-state index is 13.8. The Morgan fingerprint density at radius 2 is 0.719 bits per heavy atom. The molecule has 0 unspecified atom stereocenters. The lowest BCUT2D eigenvalue weighted by Gasteiger charge is -2.13. The van der Waals surface area contributed by atoms with Crippen molar-refractivity contribution in [2.45, 2.75) is 58.5 Å². The van der Waals surface area contributed by atoms with Gasteiger partial charge in [-0.15, -0.1) is 0 Å². The van der Waals surface area contributed by atoms with E-state index in [0.29, 0.717) is 45.6 Å². The van der Waals surface area contributed by atoms with E-state index in [1.165, 1.54) is 36.4 Å². The molecule has 0 fully saturated rings. The molecule has 0 spiro atoms. The van der Waals surface area contributed by atoms with Crippen molar-refractivity contribution in [3.05, 3.63) is 181 Å². The van der Waals surface area contributed by atoms with Crippen LogP contribution in [0.4, 0.5) is 0 Å². The summed E-state index contributed by atoms with van der Waals surface area (Å²) in [7, 11) is -8.01. The van der Waals surface area contributed by atoms with Crippen molar-refractivity contribution in [1.29, 1.82) is 0 Å². The van der Waals surface area contributed by atoms with E-state index < -0.39 is 30.9 Å². The van der Waals surface area contributed by atoms with E-state index in [4.69, 9.17) is 18.9 Å². The zero-order valence-electron chi connectivity index (χ0n) is 35.1.